The van der Waals surface area contributed by atoms with E-state index in [4.69, 9.17) is 0 Å². The SMILES string of the molecule is C[C](C)=[Ti].[C-]1=CC=CC1.[C-]1=CC=CC1.[CH2-][Si](C)(C)C.[CH2-][Si](C)(C)C. The van der Waals surface area contributed by atoms with E-state index < -0.39 is 16.1 Å². The molecule has 0 nitrogen and oxygen atoms in total. The molecule has 0 N–H and O–H groups in total. The Labute approximate surface area is 167 Å². The molecule has 0 amide bonds. The van der Waals surface area contributed by atoms with E-state index in [1.54, 1.807) is 0 Å². The number of allylic oxidation sites excluding steroid dienone is 8. The van der Waals surface area contributed by atoms with Gasteiger partial charge in [0.25, 0.3) is 0 Å². The third-order valence-corrected chi connectivity index (χ3v) is 1.17. The Kier molecular flexibility index (Phi) is 21.3. The summed E-state index contributed by atoms with van der Waals surface area (Å²) in [7, 11) is -1.72. The molecule has 0 aliphatic heterocycles. The summed E-state index contributed by atoms with van der Waals surface area (Å²) in [4.78, 5) is 0. The molecular formula is C21H38Si2Ti-4. The largest absolute Gasteiger partial charge is 0.342 e. The van der Waals surface area contributed by atoms with Crippen molar-refractivity contribution >= 4 is 20.0 Å². The molecule has 0 fully saturated rings. The van der Waals surface area contributed by atoms with Crippen LogP contribution in [0.4, 0.5) is 0 Å². The predicted octanol–water partition coefficient (Wildman–Crippen LogP) is 6.75. The van der Waals surface area contributed by atoms with E-state index in [1.165, 1.54) is 3.81 Å². The van der Waals surface area contributed by atoms with Gasteiger partial charge in [-0.25, -0.2) is 24.3 Å². The zero-order valence-corrected chi connectivity index (χ0v) is 20.9. The van der Waals surface area contributed by atoms with E-state index >= 15 is 0 Å². The molecule has 0 aromatic rings. The second kappa shape index (κ2) is 17.8. The molecule has 0 saturated carbocycles. The topological polar surface area (TPSA) is 0 Å². The van der Waals surface area contributed by atoms with Crippen LogP contribution in [0.1, 0.15) is 26.7 Å². The van der Waals surface area contributed by atoms with Crippen molar-refractivity contribution < 1.29 is 20.0 Å². The van der Waals surface area contributed by atoms with Crippen molar-refractivity contribution in [1.82, 2.24) is 0 Å². The molecule has 0 aromatic carbocycles. The quantitative estimate of drug-likeness (QED) is 0.315. The van der Waals surface area contributed by atoms with E-state index in [0.29, 0.717) is 0 Å². The summed E-state index contributed by atoms with van der Waals surface area (Å²) < 4.78 is 1.42. The molecule has 24 heavy (non-hydrogen) atoms. The van der Waals surface area contributed by atoms with Gasteiger partial charge in [-0.15, -0.1) is 29.0 Å². The summed E-state index contributed by atoms with van der Waals surface area (Å²) in [6.45, 7) is 25.3. The molecule has 2 rings (SSSR count). The molecule has 2 aliphatic carbocycles. The van der Waals surface area contributed by atoms with E-state index in [9.17, 15) is 0 Å². The molecule has 0 atom stereocenters. The second-order valence-electron chi connectivity index (χ2n) is 8.13. The van der Waals surface area contributed by atoms with Crippen molar-refractivity contribution in [2.24, 2.45) is 0 Å². The van der Waals surface area contributed by atoms with Crippen LogP contribution in [0.2, 0.25) is 39.3 Å². The smallest absolute Gasteiger partial charge is 0.0951 e. The van der Waals surface area contributed by atoms with Gasteiger partial charge < -0.3 is 13.1 Å². The maximum Gasteiger partial charge on any atom is -0.0951 e. The Balaban J connectivity index is -0.000000230. The minimum Gasteiger partial charge on any atom is -0.342 e. The first kappa shape index (κ1) is 28.8. The summed E-state index contributed by atoms with van der Waals surface area (Å²) in [6.07, 6.45) is 20.0. The van der Waals surface area contributed by atoms with Gasteiger partial charge in [0.15, 0.2) is 0 Å². The van der Waals surface area contributed by atoms with Gasteiger partial charge in [0.1, 0.15) is 0 Å². The van der Waals surface area contributed by atoms with Crippen molar-refractivity contribution in [2.45, 2.75) is 66.0 Å². The zero-order valence-electron chi connectivity index (χ0n) is 17.3. The first-order valence-electron chi connectivity index (χ1n) is 8.39. The summed E-state index contributed by atoms with van der Waals surface area (Å²) in [6, 6.07) is 0. The van der Waals surface area contributed by atoms with Gasteiger partial charge in [-0.05, 0) is 0 Å². The molecule has 0 bridgehead atoms. The average Bonchev–Trinajstić information content (AvgIpc) is 3.03. The van der Waals surface area contributed by atoms with Gasteiger partial charge in [0, 0.05) is 0 Å². The first-order valence-corrected chi connectivity index (χ1v) is 16.6. The average molecular weight is 395 g/mol. The van der Waals surface area contributed by atoms with E-state index in [-0.39, 0.29) is 0 Å². The third kappa shape index (κ3) is 97.1. The zero-order chi connectivity index (χ0) is 19.6. The molecule has 0 heterocycles. The van der Waals surface area contributed by atoms with Crippen LogP contribution in [0, 0.1) is 25.2 Å². The van der Waals surface area contributed by atoms with Crippen LogP contribution in [0.3, 0.4) is 0 Å². The number of hydrogen-bond donors (Lipinski definition) is 0. The summed E-state index contributed by atoms with van der Waals surface area (Å²) in [5, 5.41) is 0. The Bertz CT molecular complexity index is 333. The third-order valence-electron chi connectivity index (χ3n) is 1.17. The minimum atomic E-state index is -0.861. The Morgan fingerprint density at radius 2 is 1.00 bits per heavy atom. The Morgan fingerprint density at radius 3 is 1.04 bits per heavy atom. The fourth-order valence-corrected chi connectivity index (χ4v) is 0.680. The maximum absolute atomic E-state index is 3.91. The van der Waals surface area contributed by atoms with Gasteiger partial charge in [-0.3, -0.25) is 12.2 Å². The van der Waals surface area contributed by atoms with Crippen LogP contribution in [-0.4, -0.2) is 20.0 Å². The van der Waals surface area contributed by atoms with Crippen LogP contribution in [0.15, 0.2) is 36.5 Å². The normalized spacial score (nSPS) is 13.4. The monoisotopic (exact) mass is 394 g/mol. The van der Waals surface area contributed by atoms with Crippen LogP contribution < -0.4 is 0 Å². The van der Waals surface area contributed by atoms with Crippen LogP contribution in [-0.2, 0) is 20.0 Å². The van der Waals surface area contributed by atoms with Crippen LogP contribution >= 0.6 is 0 Å². The van der Waals surface area contributed by atoms with Gasteiger partial charge >= 0.3 is 37.6 Å². The molecule has 0 radical (unpaired) electrons. The van der Waals surface area contributed by atoms with Crippen LogP contribution in [0.25, 0.3) is 0 Å². The fourth-order valence-electron chi connectivity index (χ4n) is 0.680. The summed E-state index contributed by atoms with van der Waals surface area (Å²) >= 11 is 2.08. The molecule has 0 saturated heterocycles. The Morgan fingerprint density at radius 1 is 0.792 bits per heavy atom. The molecule has 2 aliphatic rings. The second-order valence-corrected chi connectivity index (χ2v) is 19.9. The Hall–Kier alpha value is -0.0219. The van der Waals surface area contributed by atoms with Crippen molar-refractivity contribution in [2.75, 3.05) is 0 Å². The molecule has 0 unspecified atom stereocenters. The molecule has 0 aromatic heterocycles. The van der Waals surface area contributed by atoms with Crippen molar-refractivity contribution in [3.8, 4) is 0 Å². The van der Waals surface area contributed by atoms with Crippen molar-refractivity contribution in [3.63, 3.8) is 0 Å². The van der Waals surface area contributed by atoms with Crippen molar-refractivity contribution in [1.29, 1.82) is 0 Å². The molecule has 138 valence electrons. The van der Waals surface area contributed by atoms with E-state index in [1.807, 2.05) is 24.3 Å². The minimum absolute atomic E-state index is 0.861. The maximum atomic E-state index is 3.91. The van der Waals surface area contributed by atoms with Crippen LogP contribution in [0.5, 0.6) is 0 Å². The standard InChI is InChI=1S/2C5H5.2C4H11Si.C3H6.Ti/c2*1-2-4-5-3-1;2*1-5(2,3)4;1-3-2;/h2*1-3H,4H2;2*1H2,2-4H3;1-2H3;/q4*-1;;. The summed E-state index contributed by atoms with van der Waals surface area (Å²) in [5.41, 5.74) is 0. The van der Waals surface area contributed by atoms with E-state index in [0.717, 1.165) is 12.8 Å². The number of rotatable bonds is 0. The van der Waals surface area contributed by atoms with Gasteiger partial charge in [-0.1, -0.05) is 39.3 Å². The van der Waals surface area contributed by atoms with E-state index in [2.05, 4.69) is 110 Å². The molecular weight excluding hydrogens is 356 g/mol. The van der Waals surface area contributed by atoms with Crippen molar-refractivity contribution in [3.05, 3.63) is 61.7 Å². The first-order chi connectivity index (χ1) is 10.7. The number of hydrogen-bond acceptors (Lipinski definition) is 0. The van der Waals surface area contributed by atoms with Gasteiger partial charge in [0.05, 0.1) is 0 Å². The summed E-state index contributed by atoms with van der Waals surface area (Å²) in [5.74, 6) is 0. The predicted molar refractivity (Wildman–Crippen MR) is 117 cm³/mol. The fraction of sp³-hybridized carbons (Fsp3) is 0.476. The van der Waals surface area contributed by atoms with Gasteiger partial charge in [0.2, 0.25) is 0 Å². The van der Waals surface area contributed by atoms with Gasteiger partial charge in [-0.2, -0.15) is 12.2 Å². The molecule has 3 heteroatoms. The molecule has 0 spiro atoms.